The van der Waals surface area contributed by atoms with Gasteiger partial charge in [-0.25, -0.2) is 0 Å². The van der Waals surface area contributed by atoms with Crippen molar-refractivity contribution in [1.29, 1.82) is 0 Å². The Morgan fingerprint density at radius 2 is 2.17 bits per heavy atom. The van der Waals surface area contributed by atoms with E-state index in [0.29, 0.717) is 0 Å². The first-order valence-corrected chi connectivity index (χ1v) is 5.26. The number of aromatic nitrogens is 2. The lowest BCUT2D eigenvalue weighted by Gasteiger charge is -1.98. The van der Waals surface area contributed by atoms with E-state index in [1.165, 1.54) is 5.69 Å². The van der Waals surface area contributed by atoms with Crippen LogP contribution in [0.5, 0.6) is 5.88 Å². The van der Waals surface area contributed by atoms with Crippen molar-refractivity contribution in [2.75, 3.05) is 11.5 Å². The first kappa shape index (κ1) is 7.98. The fraction of sp³-hybridized carbons (Fsp3) is 0.625. The molecule has 1 aliphatic rings. The van der Waals surface area contributed by atoms with E-state index in [1.807, 2.05) is 18.8 Å². The third-order valence-electron chi connectivity index (χ3n) is 2.23. The molecule has 2 rings (SSSR count). The van der Waals surface area contributed by atoms with Gasteiger partial charge < -0.3 is 5.11 Å². The Balaban J connectivity index is 2.44. The second-order valence-electron chi connectivity index (χ2n) is 2.98. The molecule has 3 nitrogen and oxygen atoms in total. The molecule has 1 aliphatic heterocycles. The summed E-state index contributed by atoms with van der Waals surface area (Å²) in [5, 5.41) is 13.5. The van der Waals surface area contributed by atoms with Gasteiger partial charge in [-0.1, -0.05) is 0 Å². The summed E-state index contributed by atoms with van der Waals surface area (Å²) in [5.41, 5.74) is 2.26. The quantitative estimate of drug-likeness (QED) is 0.652. The van der Waals surface area contributed by atoms with Crippen molar-refractivity contribution < 1.29 is 5.11 Å². The fourth-order valence-corrected chi connectivity index (χ4v) is 2.49. The van der Waals surface area contributed by atoms with Gasteiger partial charge in [0.2, 0.25) is 5.88 Å². The number of nitrogens with zero attached hydrogens (tertiary/aromatic N) is 2. The minimum Gasteiger partial charge on any atom is -0.492 e. The lowest BCUT2D eigenvalue weighted by molar-refractivity contribution is 0.439. The van der Waals surface area contributed by atoms with Gasteiger partial charge in [0, 0.05) is 18.3 Å². The third-order valence-corrected chi connectivity index (χ3v) is 3.22. The Morgan fingerprint density at radius 1 is 1.42 bits per heavy atom. The summed E-state index contributed by atoms with van der Waals surface area (Å²) in [4.78, 5) is 0. The van der Waals surface area contributed by atoms with Crippen molar-refractivity contribution in [2.24, 2.45) is 7.05 Å². The van der Waals surface area contributed by atoms with E-state index in [0.717, 1.165) is 29.9 Å². The van der Waals surface area contributed by atoms with Crippen LogP contribution in [0.1, 0.15) is 11.3 Å². The summed E-state index contributed by atoms with van der Waals surface area (Å²) in [7, 11) is 1.90. The Labute approximate surface area is 75.8 Å². The van der Waals surface area contributed by atoms with E-state index >= 15 is 0 Å². The molecule has 1 aromatic rings. The first-order valence-electron chi connectivity index (χ1n) is 4.10. The second kappa shape index (κ2) is 3.01. The van der Waals surface area contributed by atoms with Crippen LogP contribution in [-0.2, 0) is 19.9 Å². The molecule has 0 saturated heterocycles. The van der Waals surface area contributed by atoms with Crippen LogP contribution in [0.15, 0.2) is 0 Å². The predicted octanol–water partition coefficient (Wildman–Crippen LogP) is 0.958. The van der Waals surface area contributed by atoms with Crippen molar-refractivity contribution in [2.45, 2.75) is 12.8 Å². The van der Waals surface area contributed by atoms with Crippen LogP contribution in [-0.4, -0.2) is 26.4 Å². The van der Waals surface area contributed by atoms with Gasteiger partial charge in [0.25, 0.3) is 0 Å². The first-order chi connectivity index (χ1) is 5.79. The van der Waals surface area contributed by atoms with Gasteiger partial charge in [-0.3, -0.25) is 4.68 Å². The average molecular weight is 184 g/mol. The third kappa shape index (κ3) is 1.20. The highest BCUT2D eigenvalue weighted by molar-refractivity contribution is 7.99. The highest BCUT2D eigenvalue weighted by Gasteiger charge is 2.17. The molecular weight excluding hydrogens is 172 g/mol. The molecule has 0 atom stereocenters. The summed E-state index contributed by atoms with van der Waals surface area (Å²) in [6, 6.07) is 0. The molecule has 4 heteroatoms. The van der Waals surface area contributed by atoms with Crippen molar-refractivity contribution >= 4 is 11.8 Å². The van der Waals surface area contributed by atoms with Gasteiger partial charge >= 0.3 is 0 Å². The van der Waals surface area contributed by atoms with Crippen molar-refractivity contribution in [3.63, 3.8) is 0 Å². The van der Waals surface area contributed by atoms with Crippen molar-refractivity contribution in [3.05, 3.63) is 11.3 Å². The molecule has 1 aromatic heterocycles. The SMILES string of the molecule is Cn1nc(O)c2c1CCSCC2. The Kier molecular flexibility index (Phi) is 2.00. The van der Waals surface area contributed by atoms with Crippen molar-refractivity contribution in [1.82, 2.24) is 9.78 Å². The Morgan fingerprint density at radius 3 is 3.00 bits per heavy atom. The standard InChI is InChI=1S/C8H12N2OS/c1-10-7-3-5-12-4-2-6(7)8(11)9-10/h2-5H2,1H3,(H,9,11). The summed E-state index contributed by atoms with van der Waals surface area (Å²) < 4.78 is 1.80. The van der Waals surface area contributed by atoms with E-state index < -0.39 is 0 Å². The zero-order valence-electron chi connectivity index (χ0n) is 7.08. The molecule has 0 fully saturated rings. The molecule has 0 amide bonds. The molecule has 0 unspecified atom stereocenters. The van der Waals surface area contributed by atoms with E-state index in [2.05, 4.69) is 5.10 Å². The Bertz CT molecular complexity index is 269. The van der Waals surface area contributed by atoms with E-state index in [-0.39, 0.29) is 5.88 Å². The second-order valence-corrected chi connectivity index (χ2v) is 4.21. The van der Waals surface area contributed by atoms with E-state index in [1.54, 1.807) is 4.68 Å². The molecule has 0 radical (unpaired) electrons. The molecule has 0 spiro atoms. The number of aryl methyl sites for hydroxylation is 1. The van der Waals surface area contributed by atoms with Crippen LogP contribution in [0.2, 0.25) is 0 Å². The maximum Gasteiger partial charge on any atom is 0.233 e. The van der Waals surface area contributed by atoms with E-state index in [9.17, 15) is 5.11 Å². The number of hydrogen-bond acceptors (Lipinski definition) is 3. The van der Waals surface area contributed by atoms with Crippen LogP contribution in [0.25, 0.3) is 0 Å². The molecule has 1 N–H and O–H groups in total. The predicted molar refractivity (Wildman–Crippen MR) is 49.6 cm³/mol. The van der Waals surface area contributed by atoms with Crippen LogP contribution in [0, 0.1) is 0 Å². The molecule has 0 aromatic carbocycles. The normalized spacial score (nSPS) is 17.1. The highest BCUT2D eigenvalue weighted by atomic mass is 32.2. The molecule has 2 heterocycles. The minimum atomic E-state index is 0.231. The molecule has 0 bridgehead atoms. The largest absolute Gasteiger partial charge is 0.492 e. The van der Waals surface area contributed by atoms with Gasteiger partial charge in [-0.2, -0.15) is 11.8 Å². The number of thioether (sulfide) groups is 1. The van der Waals surface area contributed by atoms with Crippen LogP contribution in [0.3, 0.4) is 0 Å². The van der Waals surface area contributed by atoms with Gasteiger partial charge in [0.1, 0.15) is 0 Å². The van der Waals surface area contributed by atoms with Crippen LogP contribution >= 0.6 is 11.8 Å². The van der Waals surface area contributed by atoms with Gasteiger partial charge in [-0.05, 0) is 24.3 Å². The highest BCUT2D eigenvalue weighted by Crippen LogP contribution is 2.25. The monoisotopic (exact) mass is 184 g/mol. The fourth-order valence-electron chi connectivity index (χ4n) is 1.60. The Hall–Kier alpha value is -0.640. The van der Waals surface area contributed by atoms with Crippen molar-refractivity contribution in [3.8, 4) is 5.88 Å². The summed E-state index contributed by atoms with van der Waals surface area (Å²) in [5.74, 6) is 2.48. The van der Waals surface area contributed by atoms with Crippen LogP contribution < -0.4 is 0 Å². The molecule has 66 valence electrons. The zero-order valence-corrected chi connectivity index (χ0v) is 7.89. The summed E-state index contributed by atoms with van der Waals surface area (Å²) in [6.45, 7) is 0. The van der Waals surface area contributed by atoms with Crippen LogP contribution in [0.4, 0.5) is 0 Å². The zero-order chi connectivity index (χ0) is 8.55. The van der Waals surface area contributed by atoms with Gasteiger partial charge in [0.05, 0.1) is 0 Å². The summed E-state index contributed by atoms with van der Waals surface area (Å²) in [6.07, 6.45) is 1.99. The molecule has 12 heavy (non-hydrogen) atoms. The minimum absolute atomic E-state index is 0.231. The molecular formula is C8H12N2OS. The number of rotatable bonds is 0. The maximum absolute atomic E-state index is 9.46. The lowest BCUT2D eigenvalue weighted by atomic mass is 10.1. The number of hydrogen-bond donors (Lipinski definition) is 1. The van der Waals surface area contributed by atoms with E-state index in [4.69, 9.17) is 0 Å². The topological polar surface area (TPSA) is 38.0 Å². The average Bonchev–Trinajstić information content (AvgIpc) is 2.29. The van der Waals surface area contributed by atoms with Gasteiger partial charge in [0.15, 0.2) is 0 Å². The number of aromatic hydroxyl groups is 1. The summed E-state index contributed by atoms with van der Waals surface area (Å²) >= 11 is 1.94. The molecule has 0 aliphatic carbocycles. The lowest BCUT2D eigenvalue weighted by Crippen LogP contribution is -2.00. The van der Waals surface area contributed by atoms with Gasteiger partial charge in [-0.15, -0.1) is 5.10 Å². The molecule has 0 saturated carbocycles. The smallest absolute Gasteiger partial charge is 0.233 e. The number of fused-ring (bicyclic) bond motifs is 1. The maximum atomic E-state index is 9.46.